The molecular weight excluding hydrogens is 166 g/mol. The fraction of sp³-hybridized carbons (Fsp3) is 0.667. The van der Waals surface area contributed by atoms with Crippen LogP contribution in [0.3, 0.4) is 0 Å². The number of nitrogens with zero attached hydrogens (tertiary/aromatic N) is 1. The summed E-state index contributed by atoms with van der Waals surface area (Å²) in [5.41, 5.74) is 0.935. The monoisotopic (exact) mass is 183 g/mol. The Hall–Kier alpha value is -1.03. The topological polar surface area (TPSA) is 50.1 Å². The minimum absolute atomic E-state index is 0.472. The van der Waals surface area contributed by atoms with Crippen molar-refractivity contribution in [3.8, 4) is 0 Å². The maximum absolute atomic E-state index is 5.18. The molecule has 0 saturated heterocycles. The van der Waals surface area contributed by atoms with Gasteiger partial charge in [0.2, 0.25) is 0 Å². The molecule has 1 rings (SSSR count). The summed E-state index contributed by atoms with van der Waals surface area (Å²) in [6.07, 6.45) is 1.67. The Labute approximate surface area is 78.7 Å². The SMILES string of the molecule is CCNc1nc(CNC(C)C)co1. The third kappa shape index (κ3) is 3.46. The summed E-state index contributed by atoms with van der Waals surface area (Å²) in [5, 5.41) is 6.28. The molecule has 0 aliphatic rings. The Balaban J connectivity index is 2.39. The van der Waals surface area contributed by atoms with E-state index in [0.29, 0.717) is 12.1 Å². The first-order valence-corrected chi connectivity index (χ1v) is 4.64. The highest BCUT2D eigenvalue weighted by Gasteiger charge is 2.02. The van der Waals surface area contributed by atoms with Crippen molar-refractivity contribution in [2.75, 3.05) is 11.9 Å². The summed E-state index contributed by atoms with van der Waals surface area (Å²) in [7, 11) is 0. The lowest BCUT2D eigenvalue weighted by atomic mass is 10.4. The van der Waals surface area contributed by atoms with Gasteiger partial charge in [-0.05, 0) is 6.92 Å². The minimum Gasteiger partial charge on any atom is -0.432 e. The summed E-state index contributed by atoms with van der Waals surface area (Å²) in [6, 6.07) is 1.07. The van der Waals surface area contributed by atoms with Gasteiger partial charge >= 0.3 is 0 Å². The number of anilines is 1. The predicted molar refractivity (Wildman–Crippen MR) is 52.6 cm³/mol. The van der Waals surface area contributed by atoms with Crippen molar-refractivity contribution in [2.45, 2.75) is 33.4 Å². The molecule has 0 aromatic carbocycles. The lowest BCUT2D eigenvalue weighted by molar-refractivity contribution is 0.559. The third-order valence-electron chi connectivity index (χ3n) is 1.57. The van der Waals surface area contributed by atoms with E-state index in [1.165, 1.54) is 0 Å². The number of oxazole rings is 1. The number of nitrogens with one attached hydrogen (secondary N) is 2. The maximum atomic E-state index is 5.18. The van der Waals surface area contributed by atoms with Crippen LogP contribution in [0.1, 0.15) is 26.5 Å². The van der Waals surface area contributed by atoms with Crippen molar-refractivity contribution >= 4 is 6.01 Å². The average molecular weight is 183 g/mol. The Morgan fingerprint density at radius 1 is 1.54 bits per heavy atom. The fourth-order valence-corrected chi connectivity index (χ4v) is 0.929. The molecule has 0 amide bonds. The highest BCUT2D eigenvalue weighted by atomic mass is 16.4. The molecule has 0 aliphatic heterocycles. The van der Waals surface area contributed by atoms with Gasteiger partial charge in [0, 0.05) is 19.1 Å². The molecule has 4 nitrogen and oxygen atoms in total. The Kier molecular flexibility index (Phi) is 3.76. The minimum atomic E-state index is 0.472. The Bertz CT molecular complexity index is 245. The first-order valence-electron chi connectivity index (χ1n) is 4.64. The van der Waals surface area contributed by atoms with Gasteiger partial charge in [0.25, 0.3) is 6.01 Å². The van der Waals surface area contributed by atoms with Crippen molar-refractivity contribution in [3.63, 3.8) is 0 Å². The molecule has 0 atom stereocenters. The first kappa shape index (κ1) is 10.1. The molecule has 74 valence electrons. The molecule has 0 aliphatic carbocycles. The number of aromatic nitrogens is 1. The van der Waals surface area contributed by atoms with Crippen LogP contribution in [0.4, 0.5) is 6.01 Å². The van der Waals surface area contributed by atoms with Gasteiger partial charge < -0.3 is 15.1 Å². The van der Waals surface area contributed by atoms with E-state index < -0.39 is 0 Å². The number of hydrogen-bond acceptors (Lipinski definition) is 4. The number of hydrogen-bond donors (Lipinski definition) is 2. The van der Waals surface area contributed by atoms with Gasteiger partial charge in [-0.1, -0.05) is 13.8 Å². The van der Waals surface area contributed by atoms with Crippen molar-refractivity contribution in [1.82, 2.24) is 10.3 Å². The second kappa shape index (κ2) is 4.87. The van der Waals surface area contributed by atoms with E-state index in [1.807, 2.05) is 6.92 Å². The molecule has 1 heterocycles. The third-order valence-corrected chi connectivity index (χ3v) is 1.57. The van der Waals surface area contributed by atoms with Crippen LogP contribution < -0.4 is 10.6 Å². The van der Waals surface area contributed by atoms with Crippen LogP contribution in [0.25, 0.3) is 0 Å². The van der Waals surface area contributed by atoms with Crippen molar-refractivity contribution in [1.29, 1.82) is 0 Å². The molecule has 4 heteroatoms. The van der Waals surface area contributed by atoms with Crippen LogP contribution in [0.15, 0.2) is 10.7 Å². The van der Waals surface area contributed by atoms with Gasteiger partial charge in [0.05, 0.1) is 5.69 Å². The fourth-order valence-electron chi connectivity index (χ4n) is 0.929. The summed E-state index contributed by atoms with van der Waals surface area (Å²) in [4.78, 5) is 4.23. The van der Waals surface area contributed by atoms with E-state index in [4.69, 9.17) is 4.42 Å². The molecule has 0 spiro atoms. The van der Waals surface area contributed by atoms with Crippen LogP contribution >= 0.6 is 0 Å². The molecule has 1 aromatic heterocycles. The van der Waals surface area contributed by atoms with Crippen molar-refractivity contribution in [3.05, 3.63) is 12.0 Å². The molecule has 2 N–H and O–H groups in total. The zero-order valence-corrected chi connectivity index (χ0v) is 8.42. The van der Waals surface area contributed by atoms with Crippen molar-refractivity contribution < 1.29 is 4.42 Å². The van der Waals surface area contributed by atoms with Gasteiger partial charge in [-0.15, -0.1) is 0 Å². The quantitative estimate of drug-likeness (QED) is 0.728. The van der Waals surface area contributed by atoms with E-state index >= 15 is 0 Å². The highest BCUT2D eigenvalue weighted by Crippen LogP contribution is 2.06. The van der Waals surface area contributed by atoms with E-state index in [9.17, 15) is 0 Å². The number of rotatable bonds is 5. The lowest BCUT2D eigenvalue weighted by Crippen LogP contribution is -2.21. The van der Waals surface area contributed by atoms with Crippen LogP contribution in [0, 0.1) is 0 Å². The average Bonchev–Trinajstić information content (AvgIpc) is 2.50. The summed E-state index contributed by atoms with van der Waals surface area (Å²) in [5.74, 6) is 0. The summed E-state index contributed by atoms with van der Waals surface area (Å²) >= 11 is 0. The molecule has 13 heavy (non-hydrogen) atoms. The maximum Gasteiger partial charge on any atom is 0.294 e. The molecule has 0 radical (unpaired) electrons. The van der Waals surface area contributed by atoms with E-state index in [1.54, 1.807) is 6.26 Å². The Morgan fingerprint density at radius 3 is 2.92 bits per heavy atom. The van der Waals surface area contributed by atoms with Gasteiger partial charge in [0.1, 0.15) is 6.26 Å². The first-order chi connectivity index (χ1) is 6.22. The Morgan fingerprint density at radius 2 is 2.31 bits per heavy atom. The normalized spacial score (nSPS) is 10.8. The van der Waals surface area contributed by atoms with Crippen LogP contribution in [-0.4, -0.2) is 17.6 Å². The zero-order chi connectivity index (χ0) is 9.68. The van der Waals surface area contributed by atoms with Gasteiger partial charge in [-0.2, -0.15) is 4.98 Å². The molecule has 0 saturated carbocycles. The van der Waals surface area contributed by atoms with E-state index in [2.05, 4.69) is 29.5 Å². The lowest BCUT2D eigenvalue weighted by Gasteiger charge is -2.03. The van der Waals surface area contributed by atoms with Gasteiger partial charge in [0.15, 0.2) is 0 Å². The second-order valence-corrected chi connectivity index (χ2v) is 3.21. The van der Waals surface area contributed by atoms with Crippen molar-refractivity contribution in [2.24, 2.45) is 0 Å². The largest absolute Gasteiger partial charge is 0.432 e. The summed E-state index contributed by atoms with van der Waals surface area (Å²) in [6.45, 7) is 7.80. The highest BCUT2D eigenvalue weighted by molar-refractivity contribution is 5.20. The van der Waals surface area contributed by atoms with Crippen LogP contribution in [-0.2, 0) is 6.54 Å². The molecule has 1 aromatic rings. The molecular formula is C9H17N3O. The molecule has 0 unspecified atom stereocenters. The standard InChI is InChI=1S/C9H17N3O/c1-4-10-9-12-8(6-13-9)5-11-7(2)3/h6-7,11H,4-5H2,1-3H3,(H,10,12). The van der Waals surface area contributed by atoms with Gasteiger partial charge in [-0.25, -0.2) is 0 Å². The predicted octanol–water partition coefficient (Wildman–Crippen LogP) is 1.60. The van der Waals surface area contributed by atoms with E-state index in [-0.39, 0.29) is 0 Å². The zero-order valence-electron chi connectivity index (χ0n) is 8.42. The smallest absolute Gasteiger partial charge is 0.294 e. The molecule has 0 bridgehead atoms. The van der Waals surface area contributed by atoms with Crippen LogP contribution in [0.2, 0.25) is 0 Å². The van der Waals surface area contributed by atoms with Gasteiger partial charge in [-0.3, -0.25) is 0 Å². The van der Waals surface area contributed by atoms with Crippen LogP contribution in [0.5, 0.6) is 0 Å². The second-order valence-electron chi connectivity index (χ2n) is 3.21. The van der Waals surface area contributed by atoms with E-state index in [0.717, 1.165) is 18.8 Å². The summed E-state index contributed by atoms with van der Waals surface area (Å²) < 4.78 is 5.18. The molecule has 0 fully saturated rings.